The number of hydrogen-bond donors (Lipinski definition) is 2. The van der Waals surface area contributed by atoms with E-state index in [0.717, 1.165) is 35.5 Å². The summed E-state index contributed by atoms with van der Waals surface area (Å²) in [5.74, 6) is 7.21. The smallest absolute Gasteiger partial charge is 0.237 e. The molecule has 7 heteroatoms. The lowest BCUT2D eigenvalue weighted by Crippen LogP contribution is -2.24. The van der Waals surface area contributed by atoms with Gasteiger partial charge in [-0.2, -0.15) is 0 Å². The van der Waals surface area contributed by atoms with Crippen LogP contribution in [0.15, 0.2) is 59.8 Å². The summed E-state index contributed by atoms with van der Waals surface area (Å²) in [5.41, 5.74) is 2.83. The predicted molar refractivity (Wildman–Crippen MR) is 108 cm³/mol. The van der Waals surface area contributed by atoms with Crippen molar-refractivity contribution in [1.82, 2.24) is 14.9 Å². The molecule has 1 aliphatic rings. The summed E-state index contributed by atoms with van der Waals surface area (Å²) in [6.07, 6.45) is 2.21. The average molecular weight is 379 g/mol. The number of thioether (sulfide) groups is 1. The maximum atomic E-state index is 12.7. The number of anilines is 1. The van der Waals surface area contributed by atoms with Gasteiger partial charge in [0.2, 0.25) is 11.1 Å². The number of nitrogens with two attached hydrogens (primary N) is 1. The number of nitrogens with zero attached hydrogens (tertiary/aromatic N) is 3. The molecule has 0 aliphatic heterocycles. The Labute approximate surface area is 162 Å². The second-order valence-electron chi connectivity index (χ2n) is 6.65. The number of nitrogen functional groups attached to an aromatic ring is 1. The zero-order chi connectivity index (χ0) is 18.8. The van der Waals surface area contributed by atoms with Gasteiger partial charge >= 0.3 is 0 Å². The summed E-state index contributed by atoms with van der Waals surface area (Å²) in [4.78, 5) is 12.7. The number of carbonyl (C=O) groups excluding carboxylic acids is 1. The van der Waals surface area contributed by atoms with E-state index in [1.165, 1.54) is 16.4 Å². The lowest BCUT2D eigenvalue weighted by Gasteiger charge is -2.14. The molecule has 3 aromatic rings. The monoisotopic (exact) mass is 379 g/mol. The van der Waals surface area contributed by atoms with Crippen molar-refractivity contribution in [3.63, 3.8) is 0 Å². The van der Waals surface area contributed by atoms with E-state index in [2.05, 4.69) is 15.5 Å². The highest BCUT2D eigenvalue weighted by Gasteiger charge is 2.30. The Morgan fingerprint density at radius 3 is 2.59 bits per heavy atom. The van der Waals surface area contributed by atoms with Crippen LogP contribution in [0.5, 0.6) is 0 Å². The van der Waals surface area contributed by atoms with Gasteiger partial charge in [-0.05, 0) is 31.4 Å². The largest absolute Gasteiger partial charge is 0.336 e. The van der Waals surface area contributed by atoms with Gasteiger partial charge in [-0.3, -0.25) is 4.79 Å². The van der Waals surface area contributed by atoms with Gasteiger partial charge in [-0.25, -0.2) is 4.68 Å². The minimum Gasteiger partial charge on any atom is -0.336 e. The van der Waals surface area contributed by atoms with E-state index >= 15 is 0 Å². The van der Waals surface area contributed by atoms with Crippen molar-refractivity contribution in [3.05, 3.63) is 60.4 Å². The minimum atomic E-state index is -0.354. The van der Waals surface area contributed by atoms with E-state index in [4.69, 9.17) is 5.84 Å². The van der Waals surface area contributed by atoms with E-state index in [1.54, 1.807) is 0 Å². The van der Waals surface area contributed by atoms with Crippen molar-refractivity contribution in [2.75, 3.05) is 11.2 Å². The second kappa shape index (κ2) is 7.44. The molecule has 27 heavy (non-hydrogen) atoms. The normalized spacial score (nSPS) is 14.7. The van der Waals surface area contributed by atoms with Gasteiger partial charge in [0.15, 0.2) is 5.82 Å². The number of para-hydroxylation sites is 1. The molecule has 1 fully saturated rings. The first-order valence-corrected chi connectivity index (χ1v) is 9.84. The second-order valence-corrected chi connectivity index (χ2v) is 7.95. The predicted octanol–water partition coefficient (Wildman–Crippen LogP) is 3.66. The topological polar surface area (TPSA) is 85.8 Å². The van der Waals surface area contributed by atoms with Crippen LogP contribution in [-0.4, -0.2) is 26.0 Å². The van der Waals surface area contributed by atoms with E-state index < -0.39 is 0 Å². The molecule has 1 aliphatic carbocycles. The molecule has 1 amide bonds. The van der Waals surface area contributed by atoms with Crippen LogP contribution in [0.25, 0.3) is 11.1 Å². The van der Waals surface area contributed by atoms with Crippen molar-refractivity contribution < 1.29 is 4.79 Å². The Bertz CT molecular complexity index is 952. The highest BCUT2D eigenvalue weighted by Crippen LogP contribution is 2.39. The zero-order valence-corrected chi connectivity index (χ0v) is 15.8. The Kier molecular flexibility index (Phi) is 4.85. The van der Waals surface area contributed by atoms with Crippen LogP contribution >= 0.6 is 11.8 Å². The highest BCUT2D eigenvalue weighted by atomic mass is 32.2. The van der Waals surface area contributed by atoms with Crippen molar-refractivity contribution in [2.24, 2.45) is 0 Å². The molecule has 3 N–H and O–H groups in total. The standard InChI is InChI=1S/C20H21N5OS/c1-13(27-20-24-23-18(25(20)21)15-11-12-15)19(26)22-17-10-6-5-9-16(17)14-7-3-2-4-8-14/h2-10,13,15H,11-12,21H2,1H3,(H,22,26)/t13-/m0/s1. The molecular formula is C20H21N5OS. The molecule has 0 saturated heterocycles. The number of amides is 1. The van der Waals surface area contributed by atoms with Gasteiger partial charge < -0.3 is 11.2 Å². The van der Waals surface area contributed by atoms with Crippen molar-refractivity contribution in [1.29, 1.82) is 0 Å². The third kappa shape index (κ3) is 3.83. The zero-order valence-electron chi connectivity index (χ0n) is 15.0. The summed E-state index contributed by atoms with van der Waals surface area (Å²) >= 11 is 1.32. The maximum Gasteiger partial charge on any atom is 0.237 e. The van der Waals surface area contributed by atoms with Gasteiger partial charge in [0, 0.05) is 17.2 Å². The summed E-state index contributed by atoms with van der Waals surface area (Å²) in [6.45, 7) is 1.84. The lowest BCUT2D eigenvalue weighted by molar-refractivity contribution is -0.115. The Morgan fingerprint density at radius 2 is 1.85 bits per heavy atom. The number of hydrogen-bond acceptors (Lipinski definition) is 5. The first-order chi connectivity index (χ1) is 13.1. The van der Waals surface area contributed by atoms with Crippen LogP contribution in [0.1, 0.15) is 31.5 Å². The molecule has 1 aromatic heterocycles. The maximum absolute atomic E-state index is 12.7. The summed E-state index contributed by atoms with van der Waals surface area (Å²) < 4.78 is 1.52. The van der Waals surface area contributed by atoms with Crippen LogP contribution in [0, 0.1) is 0 Å². The molecule has 1 heterocycles. The molecule has 4 rings (SSSR count). The van der Waals surface area contributed by atoms with Gasteiger partial charge in [-0.1, -0.05) is 60.3 Å². The van der Waals surface area contributed by atoms with Gasteiger partial charge in [0.25, 0.3) is 0 Å². The first-order valence-electron chi connectivity index (χ1n) is 8.96. The van der Waals surface area contributed by atoms with E-state index in [1.807, 2.05) is 61.5 Å². The molecule has 0 bridgehead atoms. The van der Waals surface area contributed by atoms with Gasteiger partial charge in [0.1, 0.15) is 0 Å². The summed E-state index contributed by atoms with van der Waals surface area (Å²) in [6, 6.07) is 17.8. The Balaban J connectivity index is 1.48. The molecule has 138 valence electrons. The molecule has 1 saturated carbocycles. The number of carbonyl (C=O) groups is 1. The molecule has 0 spiro atoms. The fourth-order valence-corrected chi connectivity index (χ4v) is 3.67. The third-order valence-electron chi connectivity index (χ3n) is 4.55. The molecule has 1 atom stereocenters. The number of benzene rings is 2. The molecule has 0 unspecified atom stereocenters. The van der Waals surface area contributed by atoms with Crippen LogP contribution < -0.4 is 11.2 Å². The van der Waals surface area contributed by atoms with Crippen LogP contribution in [0.2, 0.25) is 0 Å². The summed E-state index contributed by atoms with van der Waals surface area (Å²) in [7, 11) is 0. The van der Waals surface area contributed by atoms with E-state index in [-0.39, 0.29) is 11.2 Å². The van der Waals surface area contributed by atoms with Gasteiger partial charge in [0.05, 0.1) is 5.25 Å². The molecular weight excluding hydrogens is 358 g/mol. The third-order valence-corrected chi connectivity index (χ3v) is 5.61. The van der Waals surface area contributed by atoms with Crippen LogP contribution in [0.4, 0.5) is 5.69 Å². The van der Waals surface area contributed by atoms with E-state index in [9.17, 15) is 4.79 Å². The molecule has 6 nitrogen and oxygen atoms in total. The summed E-state index contributed by atoms with van der Waals surface area (Å²) in [5, 5.41) is 11.5. The van der Waals surface area contributed by atoms with Crippen LogP contribution in [-0.2, 0) is 4.79 Å². The minimum absolute atomic E-state index is 0.0978. The lowest BCUT2D eigenvalue weighted by atomic mass is 10.0. The Morgan fingerprint density at radius 1 is 1.15 bits per heavy atom. The fraction of sp³-hybridized carbons (Fsp3) is 0.250. The highest BCUT2D eigenvalue weighted by molar-refractivity contribution is 8.00. The average Bonchev–Trinajstić information content (AvgIpc) is 3.47. The SMILES string of the molecule is C[C@H](Sc1nnc(C2CC2)n1N)C(=O)Nc1ccccc1-c1ccccc1. The fourth-order valence-electron chi connectivity index (χ4n) is 2.90. The van der Waals surface area contributed by atoms with Crippen molar-refractivity contribution in [2.45, 2.75) is 36.1 Å². The molecule has 0 radical (unpaired) electrons. The van der Waals surface area contributed by atoms with Crippen molar-refractivity contribution in [3.8, 4) is 11.1 Å². The quantitative estimate of drug-likeness (QED) is 0.504. The number of aromatic nitrogens is 3. The Hall–Kier alpha value is -2.80. The van der Waals surface area contributed by atoms with Crippen molar-refractivity contribution >= 4 is 23.4 Å². The molecule has 2 aromatic carbocycles. The number of rotatable bonds is 6. The van der Waals surface area contributed by atoms with E-state index in [0.29, 0.717) is 11.1 Å². The number of nitrogens with one attached hydrogen (secondary N) is 1. The van der Waals surface area contributed by atoms with Gasteiger partial charge in [-0.15, -0.1) is 10.2 Å². The van der Waals surface area contributed by atoms with Crippen LogP contribution in [0.3, 0.4) is 0 Å². The first kappa shape index (κ1) is 17.6.